The first-order valence-corrected chi connectivity index (χ1v) is 5.23. The molecule has 86 valence electrons. The Morgan fingerprint density at radius 1 is 1.14 bits per heavy atom. The predicted octanol–water partition coefficient (Wildman–Crippen LogP) is 0.748. The molecule has 4 nitrogen and oxygen atoms in total. The molecule has 0 aromatic rings. The zero-order chi connectivity index (χ0) is 10.6. The number of hydrogen-bond acceptors (Lipinski definition) is 4. The molecule has 0 heterocycles. The van der Waals surface area contributed by atoms with E-state index in [1.165, 1.54) is 0 Å². The van der Waals surface area contributed by atoms with Gasteiger partial charge in [0.05, 0.1) is 6.61 Å². The fourth-order valence-electron chi connectivity index (χ4n) is 1.07. The van der Waals surface area contributed by atoms with Gasteiger partial charge in [-0.05, 0) is 26.3 Å². The third-order valence-corrected chi connectivity index (χ3v) is 2.01. The lowest BCUT2D eigenvalue weighted by atomic mass is 10.2. The molecule has 1 atom stereocenters. The van der Waals surface area contributed by atoms with Crippen LogP contribution in [0.1, 0.15) is 25.7 Å². The van der Waals surface area contributed by atoms with Crippen LogP contribution in [-0.2, 0) is 9.47 Å². The van der Waals surface area contributed by atoms with Crippen LogP contribution in [0.5, 0.6) is 0 Å². The van der Waals surface area contributed by atoms with Crippen LogP contribution in [0.3, 0.4) is 0 Å². The lowest BCUT2D eigenvalue weighted by Crippen LogP contribution is -2.25. The van der Waals surface area contributed by atoms with Crippen molar-refractivity contribution in [2.24, 2.45) is 0 Å². The summed E-state index contributed by atoms with van der Waals surface area (Å²) in [5.74, 6) is 0. The minimum Gasteiger partial charge on any atom is -0.385 e. The van der Waals surface area contributed by atoms with Crippen LogP contribution in [0.25, 0.3) is 0 Å². The Labute approximate surface area is 86.6 Å². The van der Waals surface area contributed by atoms with Crippen molar-refractivity contribution in [2.45, 2.75) is 31.9 Å². The van der Waals surface area contributed by atoms with Crippen LogP contribution >= 0.6 is 0 Å². The molecule has 2 N–H and O–H groups in total. The average Bonchev–Trinajstić information content (AvgIpc) is 2.21. The molecule has 0 saturated carbocycles. The van der Waals surface area contributed by atoms with Gasteiger partial charge in [0.1, 0.15) is 6.23 Å². The fourth-order valence-corrected chi connectivity index (χ4v) is 1.07. The molecule has 0 bridgehead atoms. The summed E-state index contributed by atoms with van der Waals surface area (Å²) < 4.78 is 10.3. The fraction of sp³-hybridized carbons (Fsp3) is 1.00. The van der Waals surface area contributed by atoms with Crippen LogP contribution in [0.15, 0.2) is 0 Å². The van der Waals surface area contributed by atoms with Crippen LogP contribution in [0.4, 0.5) is 0 Å². The van der Waals surface area contributed by atoms with Gasteiger partial charge in [-0.1, -0.05) is 0 Å². The molecule has 0 aromatic heterocycles. The Kier molecular flexibility index (Phi) is 10.8. The summed E-state index contributed by atoms with van der Waals surface area (Å²) in [6.45, 7) is 2.23. The zero-order valence-electron chi connectivity index (χ0n) is 9.29. The zero-order valence-corrected chi connectivity index (χ0v) is 9.29. The van der Waals surface area contributed by atoms with E-state index >= 15 is 0 Å². The molecule has 0 saturated heterocycles. The van der Waals surface area contributed by atoms with Crippen LogP contribution in [0.2, 0.25) is 0 Å². The normalized spacial score (nSPS) is 13.1. The van der Waals surface area contributed by atoms with Gasteiger partial charge in [0, 0.05) is 26.7 Å². The largest absolute Gasteiger partial charge is 0.385 e. The number of ether oxygens (including phenoxy) is 2. The molecule has 0 aliphatic rings. The second-order valence-corrected chi connectivity index (χ2v) is 3.26. The molecule has 0 fully saturated rings. The van der Waals surface area contributed by atoms with Gasteiger partial charge in [0.25, 0.3) is 0 Å². The first-order valence-electron chi connectivity index (χ1n) is 5.23. The van der Waals surface area contributed by atoms with Gasteiger partial charge in [0.15, 0.2) is 0 Å². The van der Waals surface area contributed by atoms with Crippen molar-refractivity contribution >= 4 is 0 Å². The van der Waals surface area contributed by atoms with Crippen molar-refractivity contribution in [2.75, 3.05) is 34.0 Å². The van der Waals surface area contributed by atoms with Gasteiger partial charge in [-0.15, -0.1) is 0 Å². The molecule has 1 unspecified atom stereocenters. The van der Waals surface area contributed by atoms with E-state index in [4.69, 9.17) is 14.6 Å². The van der Waals surface area contributed by atoms with E-state index in [9.17, 15) is 0 Å². The van der Waals surface area contributed by atoms with Gasteiger partial charge in [-0.3, -0.25) is 5.32 Å². The molecule has 0 radical (unpaired) electrons. The average molecular weight is 205 g/mol. The number of methoxy groups -OCH3 is 1. The number of aliphatic hydroxyl groups excluding tert-OH is 1. The van der Waals surface area contributed by atoms with Gasteiger partial charge in [-0.2, -0.15) is 0 Å². The molecular weight excluding hydrogens is 182 g/mol. The van der Waals surface area contributed by atoms with Gasteiger partial charge >= 0.3 is 0 Å². The first kappa shape index (κ1) is 13.8. The summed E-state index contributed by atoms with van der Waals surface area (Å²) in [7, 11) is 3.45. The number of aliphatic hydroxyl groups is 1. The van der Waals surface area contributed by atoms with E-state index in [1.807, 2.05) is 0 Å². The molecule has 0 spiro atoms. The molecule has 0 aliphatic heterocycles. The third-order valence-electron chi connectivity index (χ3n) is 2.01. The van der Waals surface area contributed by atoms with E-state index < -0.39 is 6.23 Å². The van der Waals surface area contributed by atoms with Crippen molar-refractivity contribution in [1.29, 1.82) is 0 Å². The molecule has 0 amide bonds. The number of hydrogen-bond donors (Lipinski definition) is 2. The second-order valence-electron chi connectivity index (χ2n) is 3.26. The van der Waals surface area contributed by atoms with Crippen molar-refractivity contribution in [3.05, 3.63) is 0 Å². The minimum absolute atomic E-state index is 0.441. The highest BCUT2D eigenvalue weighted by atomic mass is 16.5. The maximum absolute atomic E-state index is 9.12. The maximum Gasteiger partial charge on any atom is 0.106 e. The molecule has 4 heteroatoms. The Hall–Kier alpha value is -0.160. The standard InChI is InChI=1S/C10H23NO3/c1-11-10(12)6-9-14-8-5-3-4-7-13-2/h10-12H,3-9H2,1-2H3. The van der Waals surface area contributed by atoms with E-state index in [0.717, 1.165) is 32.5 Å². The Bertz CT molecular complexity index is 112. The topological polar surface area (TPSA) is 50.7 Å². The lowest BCUT2D eigenvalue weighted by molar-refractivity contribution is 0.0676. The highest BCUT2D eigenvalue weighted by Gasteiger charge is 1.98. The highest BCUT2D eigenvalue weighted by Crippen LogP contribution is 1.97. The van der Waals surface area contributed by atoms with Gasteiger partial charge < -0.3 is 14.6 Å². The predicted molar refractivity (Wildman–Crippen MR) is 56.2 cm³/mol. The van der Waals surface area contributed by atoms with Gasteiger partial charge in [0.2, 0.25) is 0 Å². The number of unbranched alkanes of at least 4 members (excludes halogenated alkanes) is 2. The smallest absolute Gasteiger partial charge is 0.106 e. The third kappa shape index (κ3) is 9.92. The van der Waals surface area contributed by atoms with Crippen LogP contribution < -0.4 is 5.32 Å². The summed E-state index contributed by atoms with van der Waals surface area (Å²) in [5.41, 5.74) is 0. The quantitative estimate of drug-likeness (QED) is 0.408. The Balaban J connectivity index is 2.92. The molecule has 0 aromatic carbocycles. The van der Waals surface area contributed by atoms with E-state index in [0.29, 0.717) is 13.0 Å². The highest BCUT2D eigenvalue weighted by molar-refractivity contribution is 4.47. The van der Waals surface area contributed by atoms with Crippen molar-refractivity contribution in [3.8, 4) is 0 Å². The number of rotatable bonds is 10. The van der Waals surface area contributed by atoms with Crippen molar-refractivity contribution in [3.63, 3.8) is 0 Å². The lowest BCUT2D eigenvalue weighted by Gasteiger charge is -2.09. The van der Waals surface area contributed by atoms with Crippen LogP contribution in [-0.4, -0.2) is 45.3 Å². The summed E-state index contributed by atoms with van der Waals surface area (Å²) in [6, 6.07) is 0. The van der Waals surface area contributed by atoms with E-state index in [1.54, 1.807) is 14.2 Å². The molecule has 0 aliphatic carbocycles. The minimum atomic E-state index is -0.441. The summed E-state index contributed by atoms with van der Waals surface area (Å²) in [4.78, 5) is 0. The molecular formula is C10H23NO3. The summed E-state index contributed by atoms with van der Waals surface area (Å²) in [6.07, 6.45) is 3.51. The van der Waals surface area contributed by atoms with Crippen molar-refractivity contribution in [1.82, 2.24) is 5.32 Å². The van der Waals surface area contributed by atoms with Crippen molar-refractivity contribution < 1.29 is 14.6 Å². The summed E-state index contributed by atoms with van der Waals surface area (Å²) >= 11 is 0. The van der Waals surface area contributed by atoms with E-state index in [2.05, 4.69) is 5.32 Å². The van der Waals surface area contributed by atoms with Crippen LogP contribution in [0, 0.1) is 0 Å². The van der Waals surface area contributed by atoms with E-state index in [-0.39, 0.29) is 0 Å². The summed E-state index contributed by atoms with van der Waals surface area (Å²) in [5, 5.41) is 11.9. The first-order chi connectivity index (χ1) is 6.81. The monoisotopic (exact) mass is 205 g/mol. The Morgan fingerprint density at radius 3 is 2.50 bits per heavy atom. The molecule has 0 rings (SSSR count). The number of nitrogens with one attached hydrogen (secondary N) is 1. The van der Waals surface area contributed by atoms with Gasteiger partial charge in [-0.25, -0.2) is 0 Å². The second kappa shape index (κ2) is 10.9. The molecule has 14 heavy (non-hydrogen) atoms. The SMILES string of the molecule is CNC(O)CCOCCCCCOC. The Morgan fingerprint density at radius 2 is 1.86 bits per heavy atom. The maximum atomic E-state index is 9.12.